The van der Waals surface area contributed by atoms with Crippen molar-refractivity contribution in [3.05, 3.63) is 35.5 Å². The summed E-state index contributed by atoms with van der Waals surface area (Å²) < 4.78 is 14.0. The molecule has 6 heteroatoms. The van der Waals surface area contributed by atoms with Gasteiger partial charge in [-0.3, -0.25) is 9.69 Å². The van der Waals surface area contributed by atoms with Crippen LogP contribution in [0.2, 0.25) is 0 Å². The van der Waals surface area contributed by atoms with Gasteiger partial charge in [0.15, 0.2) is 0 Å². The number of alkyl halides is 1. The highest BCUT2D eigenvalue weighted by atomic mass is 19.1. The van der Waals surface area contributed by atoms with Gasteiger partial charge in [0.2, 0.25) is 0 Å². The molecule has 1 heterocycles. The molecular weight excluding hydrogens is 597 g/mol. The van der Waals surface area contributed by atoms with E-state index in [4.69, 9.17) is 0 Å². The van der Waals surface area contributed by atoms with Crippen LogP contribution < -0.4 is 10.6 Å². The van der Waals surface area contributed by atoms with Crippen molar-refractivity contribution >= 4 is 5.97 Å². The Kier molecular flexibility index (Phi) is 8.76. The first-order valence-corrected chi connectivity index (χ1v) is 19.7. The SMILES string of the molecule is C=C(C)[C@@H]1CC[C@]2(NCCN3CCNC3)CC[C@]3(C)[C@H](CC[C@@H]4[C@@]5(C)CC=C(C6=CC[C@](CF)(C(=O)O)CC6)C(C)(C)[C@@H]5CC[C@]43C)[C@@H]12. The fourth-order valence-electron chi connectivity index (χ4n) is 14.3. The lowest BCUT2D eigenvalue weighted by Gasteiger charge is -2.72. The van der Waals surface area contributed by atoms with Crippen molar-refractivity contribution < 1.29 is 14.3 Å². The van der Waals surface area contributed by atoms with Crippen LogP contribution in [-0.2, 0) is 4.79 Å². The Morgan fingerprint density at radius 2 is 1.79 bits per heavy atom. The third-order valence-corrected chi connectivity index (χ3v) is 17.2. The molecule has 0 aromatic rings. The summed E-state index contributed by atoms with van der Waals surface area (Å²) >= 11 is 0. The molecule has 0 amide bonds. The number of halogens is 1. The van der Waals surface area contributed by atoms with Crippen LogP contribution in [0.3, 0.4) is 0 Å². The lowest BCUT2D eigenvalue weighted by molar-refractivity contribution is -0.221. The molecule has 0 bridgehead atoms. The second kappa shape index (κ2) is 12.0. The molecule has 268 valence electrons. The molecule has 6 aliphatic carbocycles. The lowest BCUT2D eigenvalue weighted by atomic mass is 9.33. The molecule has 0 aromatic heterocycles. The number of fused-ring (bicyclic) bond motifs is 7. The average Bonchev–Trinajstić information content (AvgIpc) is 3.70. The molecule has 0 spiro atoms. The molecule has 0 unspecified atom stereocenters. The predicted octanol–water partition coefficient (Wildman–Crippen LogP) is 8.54. The zero-order chi connectivity index (χ0) is 34.3. The summed E-state index contributed by atoms with van der Waals surface area (Å²) in [6.07, 6.45) is 17.6. The number of hydrogen-bond acceptors (Lipinski definition) is 4. The molecule has 7 rings (SSSR count). The molecule has 7 aliphatic rings. The van der Waals surface area contributed by atoms with E-state index in [0.29, 0.717) is 53.8 Å². The number of nitrogens with zero attached hydrogens (tertiary/aromatic N) is 1. The zero-order valence-corrected chi connectivity index (χ0v) is 31.2. The van der Waals surface area contributed by atoms with E-state index in [9.17, 15) is 14.3 Å². The van der Waals surface area contributed by atoms with Crippen LogP contribution in [0, 0.1) is 56.7 Å². The van der Waals surface area contributed by atoms with Gasteiger partial charge in [-0.1, -0.05) is 58.9 Å². The number of carbonyl (C=O) groups is 1. The van der Waals surface area contributed by atoms with Crippen molar-refractivity contribution in [2.75, 3.05) is 39.5 Å². The Morgan fingerprint density at radius 1 is 1.00 bits per heavy atom. The lowest BCUT2D eigenvalue weighted by Crippen LogP contribution is -2.68. The van der Waals surface area contributed by atoms with Crippen LogP contribution in [0.1, 0.15) is 119 Å². The average molecular weight is 664 g/mol. The van der Waals surface area contributed by atoms with Gasteiger partial charge in [-0.25, -0.2) is 4.39 Å². The molecule has 10 atom stereocenters. The minimum absolute atomic E-state index is 0.0177. The van der Waals surface area contributed by atoms with Gasteiger partial charge in [-0.15, -0.1) is 0 Å². The van der Waals surface area contributed by atoms with Crippen LogP contribution in [0.25, 0.3) is 0 Å². The van der Waals surface area contributed by atoms with Gasteiger partial charge in [-0.05, 0) is 146 Å². The Bertz CT molecular complexity index is 1370. The van der Waals surface area contributed by atoms with Crippen LogP contribution in [0.5, 0.6) is 0 Å². The summed E-state index contributed by atoms with van der Waals surface area (Å²) in [5.74, 6) is 2.35. The first-order valence-electron chi connectivity index (χ1n) is 19.7. The highest BCUT2D eigenvalue weighted by molar-refractivity contribution is 5.75. The number of hydrogen-bond donors (Lipinski definition) is 3. The van der Waals surface area contributed by atoms with E-state index >= 15 is 0 Å². The predicted molar refractivity (Wildman–Crippen MR) is 193 cm³/mol. The molecule has 0 aromatic carbocycles. The van der Waals surface area contributed by atoms with Gasteiger partial charge in [0.1, 0.15) is 6.67 Å². The standard InChI is InChI=1S/C42H66FN3O2/c1-28(2)30-12-19-42(45-23-25-46-24-22-44-27-46)21-20-39(6)32(35(30)42)8-9-34-38(5)15-13-31(37(3,4)33(38)14-16-40(34,39)7)29-10-17-41(26-43,18-11-29)36(47)48/h10,13,30,32-35,44-45H,1,8-9,11-12,14-27H2,2-7H3,(H,47,48)/t30-,32+,33-,34+,35+,38-,39+,40+,41-,42-/m0/s1. The second-order valence-corrected chi connectivity index (χ2v) is 19.2. The van der Waals surface area contributed by atoms with E-state index in [-0.39, 0.29) is 16.4 Å². The number of allylic oxidation sites excluding steroid dienone is 5. The monoisotopic (exact) mass is 664 g/mol. The number of carboxylic acid groups (broad SMARTS) is 1. The molecule has 5 fully saturated rings. The summed E-state index contributed by atoms with van der Waals surface area (Å²) in [7, 11) is 0. The maximum atomic E-state index is 14.0. The maximum Gasteiger partial charge on any atom is 0.312 e. The van der Waals surface area contributed by atoms with Crippen molar-refractivity contribution in [3.8, 4) is 0 Å². The van der Waals surface area contributed by atoms with Crippen molar-refractivity contribution in [2.45, 2.75) is 124 Å². The van der Waals surface area contributed by atoms with Crippen molar-refractivity contribution in [2.24, 2.45) is 56.7 Å². The highest BCUT2D eigenvalue weighted by Gasteiger charge is 2.70. The van der Waals surface area contributed by atoms with Gasteiger partial charge in [0.25, 0.3) is 0 Å². The molecule has 4 saturated carbocycles. The highest BCUT2D eigenvalue weighted by Crippen LogP contribution is 2.76. The third kappa shape index (κ3) is 4.94. The van der Waals surface area contributed by atoms with Crippen LogP contribution in [0.15, 0.2) is 35.5 Å². The first kappa shape index (κ1) is 34.9. The van der Waals surface area contributed by atoms with Crippen molar-refractivity contribution in [1.82, 2.24) is 15.5 Å². The van der Waals surface area contributed by atoms with Crippen molar-refractivity contribution in [3.63, 3.8) is 0 Å². The molecule has 5 nitrogen and oxygen atoms in total. The van der Waals surface area contributed by atoms with Gasteiger partial charge in [0, 0.05) is 38.4 Å². The molecule has 1 aliphatic heterocycles. The summed E-state index contributed by atoms with van der Waals surface area (Å²) in [4.78, 5) is 14.5. The summed E-state index contributed by atoms with van der Waals surface area (Å²) in [6, 6.07) is 0. The summed E-state index contributed by atoms with van der Waals surface area (Å²) in [5, 5.41) is 17.6. The second-order valence-electron chi connectivity index (χ2n) is 19.2. The van der Waals surface area contributed by atoms with Gasteiger partial charge in [-0.2, -0.15) is 0 Å². The quantitative estimate of drug-likeness (QED) is 0.227. The van der Waals surface area contributed by atoms with Gasteiger partial charge >= 0.3 is 5.97 Å². The van der Waals surface area contributed by atoms with Crippen molar-refractivity contribution in [1.29, 1.82) is 0 Å². The number of carboxylic acids is 1. The van der Waals surface area contributed by atoms with Crippen LogP contribution >= 0.6 is 0 Å². The third-order valence-electron chi connectivity index (χ3n) is 17.2. The van der Waals surface area contributed by atoms with Gasteiger partial charge < -0.3 is 15.7 Å². The molecule has 3 N–H and O–H groups in total. The molecule has 48 heavy (non-hydrogen) atoms. The Hall–Kier alpha value is -1.50. The van der Waals surface area contributed by atoms with E-state index < -0.39 is 18.1 Å². The largest absolute Gasteiger partial charge is 0.481 e. The smallest absolute Gasteiger partial charge is 0.312 e. The fourth-order valence-corrected chi connectivity index (χ4v) is 14.3. The van der Waals surface area contributed by atoms with Gasteiger partial charge in [0.05, 0.1) is 5.41 Å². The number of nitrogens with one attached hydrogen (secondary N) is 2. The molecular formula is C42H66FN3O2. The first-order chi connectivity index (χ1) is 22.7. The van der Waals surface area contributed by atoms with Crippen LogP contribution in [-0.4, -0.2) is 61.0 Å². The number of rotatable bonds is 8. The van der Waals surface area contributed by atoms with E-state index in [0.717, 1.165) is 38.6 Å². The summed E-state index contributed by atoms with van der Waals surface area (Å²) in [6.45, 7) is 24.8. The van der Waals surface area contributed by atoms with E-state index in [1.54, 1.807) is 0 Å². The fraction of sp³-hybridized carbons (Fsp3) is 0.833. The van der Waals surface area contributed by atoms with E-state index in [1.807, 2.05) is 0 Å². The Labute approximate surface area is 291 Å². The minimum Gasteiger partial charge on any atom is -0.481 e. The Balaban J connectivity index is 1.16. The Morgan fingerprint density at radius 3 is 2.44 bits per heavy atom. The molecule has 0 radical (unpaired) electrons. The minimum atomic E-state index is -1.24. The normalized spacial score (nSPS) is 46.9. The van der Waals surface area contributed by atoms with Crippen LogP contribution in [0.4, 0.5) is 4.39 Å². The zero-order valence-electron chi connectivity index (χ0n) is 31.2. The van der Waals surface area contributed by atoms with E-state index in [2.05, 4.69) is 75.8 Å². The maximum absolute atomic E-state index is 14.0. The summed E-state index contributed by atoms with van der Waals surface area (Å²) in [5.41, 5.74) is 4.05. The number of aliphatic carboxylic acids is 1. The van der Waals surface area contributed by atoms with E-state index in [1.165, 1.54) is 74.6 Å². The molecule has 1 saturated heterocycles. The topological polar surface area (TPSA) is 64.6 Å².